The molecule has 0 atom stereocenters. The van der Waals surface area contributed by atoms with Gasteiger partial charge in [0.05, 0.1) is 5.56 Å². The molecule has 1 aliphatic rings. The summed E-state index contributed by atoms with van der Waals surface area (Å²) in [6.45, 7) is 1.16. The second-order valence-corrected chi connectivity index (χ2v) is 6.14. The molecule has 1 aliphatic carbocycles. The highest BCUT2D eigenvalue weighted by Gasteiger charge is 2.34. The van der Waals surface area contributed by atoms with Gasteiger partial charge < -0.3 is 9.47 Å². The molecular weight excluding hydrogens is 409 g/mol. The lowest BCUT2D eigenvalue weighted by molar-refractivity contribution is -0.276. The molecule has 0 saturated carbocycles. The second-order valence-electron chi connectivity index (χ2n) is 6.14. The summed E-state index contributed by atoms with van der Waals surface area (Å²) < 4.78 is 102. The maximum atomic E-state index is 14.9. The van der Waals surface area contributed by atoms with E-state index >= 15 is 0 Å². The van der Waals surface area contributed by atoms with Gasteiger partial charge in [0.25, 0.3) is 0 Å². The Morgan fingerprint density at radius 1 is 0.966 bits per heavy atom. The highest BCUT2D eigenvalue weighted by molar-refractivity contribution is 5.73. The molecule has 2 aromatic carbocycles. The number of carbonyl (C=O) groups excluding carboxylic acids is 1. The molecule has 3 rings (SSSR count). The average molecular weight is 420 g/mol. The first-order valence-corrected chi connectivity index (χ1v) is 8.11. The van der Waals surface area contributed by atoms with Crippen molar-refractivity contribution in [2.24, 2.45) is 0 Å². The van der Waals surface area contributed by atoms with E-state index in [4.69, 9.17) is 4.74 Å². The SMILES string of the molecule is CC(=O)OC1=Cc2cc(F)c(-c3cc(F)c(OC(F)(F)F)c(F)c3)c(F)c2CC1. The van der Waals surface area contributed by atoms with Crippen molar-refractivity contribution in [2.75, 3.05) is 0 Å². The Labute approximate surface area is 159 Å². The first-order chi connectivity index (χ1) is 13.5. The highest BCUT2D eigenvalue weighted by Crippen LogP contribution is 2.38. The van der Waals surface area contributed by atoms with Crippen LogP contribution in [0.4, 0.5) is 30.7 Å². The van der Waals surface area contributed by atoms with E-state index in [9.17, 15) is 35.5 Å². The van der Waals surface area contributed by atoms with Crippen LogP contribution < -0.4 is 4.74 Å². The van der Waals surface area contributed by atoms with Crippen LogP contribution in [0.25, 0.3) is 17.2 Å². The van der Waals surface area contributed by atoms with Crippen LogP contribution in [0.3, 0.4) is 0 Å². The predicted octanol–water partition coefficient (Wildman–Crippen LogP) is 5.66. The number of hydrogen-bond donors (Lipinski definition) is 0. The van der Waals surface area contributed by atoms with Crippen LogP contribution in [-0.2, 0) is 16.0 Å². The minimum Gasteiger partial charge on any atom is -0.431 e. The number of halogens is 7. The topological polar surface area (TPSA) is 35.5 Å². The third kappa shape index (κ3) is 4.36. The number of fused-ring (bicyclic) bond motifs is 1. The smallest absolute Gasteiger partial charge is 0.431 e. The van der Waals surface area contributed by atoms with E-state index in [0.29, 0.717) is 12.1 Å². The zero-order chi connectivity index (χ0) is 21.5. The van der Waals surface area contributed by atoms with Gasteiger partial charge in [-0.15, -0.1) is 13.2 Å². The minimum absolute atomic E-state index is 0.00773. The van der Waals surface area contributed by atoms with E-state index in [1.807, 2.05) is 0 Å². The van der Waals surface area contributed by atoms with Crippen LogP contribution in [0.15, 0.2) is 24.0 Å². The number of esters is 1. The summed E-state index contributed by atoms with van der Waals surface area (Å²) in [5.41, 5.74) is -1.36. The summed E-state index contributed by atoms with van der Waals surface area (Å²) in [7, 11) is 0. The molecule has 0 spiro atoms. The van der Waals surface area contributed by atoms with E-state index < -0.39 is 52.5 Å². The largest absolute Gasteiger partial charge is 0.573 e. The zero-order valence-corrected chi connectivity index (χ0v) is 14.6. The van der Waals surface area contributed by atoms with Crippen molar-refractivity contribution in [3.63, 3.8) is 0 Å². The van der Waals surface area contributed by atoms with Crippen LogP contribution >= 0.6 is 0 Å². The van der Waals surface area contributed by atoms with Gasteiger partial charge in [-0.3, -0.25) is 4.79 Å². The summed E-state index contributed by atoms with van der Waals surface area (Å²) in [6, 6.07) is 1.58. The number of ether oxygens (including phenoxy) is 2. The van der Waals surface area contributed by atoms with Gasteiger partial charge in [0.15, 0.2) is 11.6 Å². The van der Waals surface area contributed by atoms with Crippen LogP contribution in [0.2, 0.25) is 0 Å². The summed E-state index contributed by atoms with van der Waals surface area (Å²) in [4.78, 5) is 11.0. The third-order valence-corrected chi connectivity index (χ3v) is 4.07. The predicted molar refractivity (Wildman–Crippen MR) is 86.5 cm³/mol. The van der Waals surface area contributed by atoms with Gasteiger partial charge in [-0.05, 0) is 47.4 Å². The minimum atomic E-state index is -5.35. The lowest BCUT2D eigenvalue weighted by Crippen LogP contribution is -2.19. The first-order valence-electron chi connectivity index (χ1n) is 8.11. The molecule has 29 heavy (non-hydrogen) atoms. The van der Waals surface area contributed by atoms with Crippen molar-refractivity contribution < 1.29 is 45.0 Å². The zero-order valence-electron chi connectivity index (χ0n) is 14.6. The molecule has 0 aliphatic heterocycles. The molecule has 3 nitrogen and oxygen atoms in total. The molecule has 10 heteroatoms. The number of carbonyl (C=O) groups is 1. The van der Waals surface area contributed by atoms with Crippen LogP contribution in [0.5, 0.6) is 5.75 Å². The summed E-state index contributed by atoms with van der Waals surface area (Å²) in [6.07, 6.45) is -3.96. The van der Waals surface area contributed by atoms with Gasteiger partial charge in [0.1, 0.15) is 17.4 Å². The van der Waals surface area contributed by atoms with E-state index in [1.165, 1.54) is 6.08 Å². The standard InChI is InChI=1S/C19H11F7O3/c1-8(27)28-11-2-3-12-9(4-11)5-13(20)16(17(12)23)10-6-14(21)18(15(22)7-10)29-19(24,25)26/h4-7H,2-3H2,1H3. The molecule has 0 unspecified atom stereocenters. The van der Waals surface area contributed by atoms with Crippen LogP contribution in [0.1, 0.15) is 24.5 Å². The quantitative estimate of drug-likeness (QED) is 0.475. The Morgan fingerprint density at radius 3 is 2.14 bits per heavy atom. The van der Waals surface area contributed by atoms with Crippen LogP contribution in [0, 0.1) is 23.3 Å². The molecule has 0 aromatic heterocycles. The van der Waals surface area contributed by atoms with Crippen molar-refractivity contribution in [3.05, 3.63) is 58.4 Å². The van der Waals surface area contributed by atoms with E-state index in [0.717, 1.165) is 13.0 Å². The fraction of sp³-hybridized carbons (Fsp3) is 0.211. The van der Waals surface area contributed by atoms with E-state index in [2.05, 4.69) is 4.74 Å². The summed E-state index contributed by atoms with van der Waals surface area (Å²) in [5.74, 6) is -8.01. The summed E-state index contributed by atoms with van der Waals surface area (Å²) >= 11 is 0. The first kappa shape index (κ1) is 20.7. The molecule has 0 radical (unpaired) electrons. The van der Waals surface area contributed by atoms with Crippen molar-refractivity contribution in [3.8, 4) is 16.9 Å². The Morgan fingerprint density at radius 2 is 1.59 bits per heavy atom. The fourth-order valence-corrected chi connectivity index (χ4v) is 3.00. The van der Waals surface area contributed by atoms with Gasteiger partial charge >= 0.3 is 12.3 Å². The molecule has 0 fully saturated rings. The average Bonchev–Trinajstić information content (AvgIpc) is 2.56. The van der Waals surface area contributed by atoms with Crippen LogP contribution in [-0.4, -0.2) is 12.3 Å². The number of hydrogen-bond acceptors (Lipinski definition) is 3. The highest BCUT2D eigenvalue weighted by atomic mass is 19.4. The van der Waals surface area contributed by atoms with Crippen molar-refractivity contribution in [2.45, 2.75) is 26.1 Å². The van der Waals surface area contributed by atoms with Gasteiger partial charge in [0.2, 0.25) is 5.75 Å². The molecular formula is C19H11F7O3. The number of alkyl halides is 3. The molecule has 0 N–H and O–H groups in total. The Kier molecular flexibility index (Phi) is 5.29. The van der Waals surface area contributed by atoms with E-state index in [-0.39, 0.29) is 29.7 Å². The lowest BCUT2D eigenvalue weighted by atomic mass is 9.91. The number of allylic oxidation sites excluding steroid dienone is 1. The second kappa shape index (κ2) is 7.41. The van der Waals surface area contributed by atoms with Crippen molar-refractivity contribution in [1.29, 1.82) is 0 Å². The van der Waals surface area contributed by atoms with Gasteiger partial charge in [-0.25, -0.2) is 17.6 Å². The molecule has 0 saturated heterocycles. The van der Waals surface area contributed by atoms with Gasteiger partial charge in [-0.2, -0.15) is 0 Å². The Balaban J connectivity index is 2.08. The normalized spacial score (nSPS) is 13.6. The molecule has 0 bridgehead atoms. The Hall–Kier alpha value is -3.04. The monoisotopic (exact) mass is 420 g/mol. The fourth-order valence-electron chi connectivity index (χ4n) is 3.00. The van der Waals surface area contributed by atoms with Crippen molar-refractivity contribution >= 4 is 12.0 Å². The number of rotatable bonds is 3. The molecule has 0 amide bonds. The summed E-state index contributed by atoms with van der Waals surface area (Å²) in [5, 5.41) is 0. The van der Waals surface area contributed by atoms with Gasteiger partial charge in [-0.1, -0.05) is 0 Å². The van der Waals surface area contributed by atoms with E-state index in [1.54, 1.807) is 0 Å². The van der Waals surface area contributed by atoms with Gasteiger partial charge in [0, 0.05) is 13.3 Å². The maximum absolute atomic E-state index is 14.9. The number of benzene rings is 2. The van der Waals surface area contributed by atoms with Crippen molar-refractivity contribution in [1.82, 2.24) is 0 Å². The third-order valence-electron chi connectivity index (χ3n) is 4.07. The molecule has 2 aromatic rings. The Bertz CT molecular complexity index is 1000. The lowest BCUT2D eigenvalue weighted by Gasteiger charge is -2.19. The maximum Gasteiger partial charge on any atom is 0.573 e. The molecule has 0 heterocycles. The molecule has 154 valence electrons.